The summed E-state index contributed by atoms with van der Waals surface area (Å²) >= 11 is 0. The first kappa shape index (κ1) is 23.1. The van der Waals surface area contributed by atoms with Crippen LogP contribution in [0.1, 0.15) is 31.0 Å². The highest BCUT2D eigenvalue weighted by molar-refractivity contribution is 7.92. The molecule has 2 atom stereocenters. The first-order valence-electron chi connectivity index (χ1n) is 9.15. The van der Waals surface area contributed by atoms with E-state index in [2.05, 4.69) is 5.32 Å². The third-order valence-electron chi connectivity index (χ3n) is 4.69. The van der Waals surface area contributed by atoms with Crippen LogP contribution < -0.4 is 14.4 Å². The van der Waals surface area contributed by atoms with E-state index in [-0.39, 0.29) is 11.4 Å². The number of nitro benzene ring substituents is 1. The molecule has 30 heavy (non-hydrogen) atoms. The first-order valence-corrected chi connectivity index (χ1v) is 11.0. The number of ether oxygens (including phenoxy) is 1. The van der Waals surface area contributed by atoms with Gasteiger partial charge < -0.3 is 10.1 Å². The fourth-order valence-corrected chi connectivity index (χ4v) is 4.39. The normalized spacial score (nSPS) is 13.2. The van der Waals surface area contributed by atoms with Gasteiger partial charge in [-0.1, -0.05) is 24.3 Å². The largest absolute Gasteiger partial charge is 0.496 e. The summed E-state index contributed by atoms with van der Waals surface area (Å²) in [6, 6.07) is 9.46. The summed E-state index contributed by atoms with van der Waals surface area (Å²) in [6.45, 7) is 4.81. The van der Waals surface area contributed by atoms with Gasteiger partial charge in [-0.3, -0.25) is 19.2 Å². The Kier molecular flexibility index (Phi) is 7.04. The maximum Gasteiger partial charge on any atom is 0.271 e. The number of aryl methyl sites for hydroxylation is 1. The number of benzene rings is 2. The van der Waals surface area contributed by atoms with Crippen LogP contribution in [0.4, 0.5) is 11.4 Å². The molecule has 10 heteroatoms. The predicted molar refractivity (Wildman–Crippen MR) is 114 cm³/mol. The lowest BCUT2D eigenvalue weighted by atomic mass is 10.1. The van der Waals surface area contributed by atoms with Crippen molar-refractivity contribution in [2.45, 2.75) is 32.9 Å². The van der Waals surface area contributed by atoms with Crippen LogP contribution in [0.15, 0.2) is 42.5 Å². The molecule has 2 aromatic rings. The number of sulfonamides is 1. The van der Waals surface area contributed by atoms with Crippen LogP contribution >= 0.6 is 0 Å². The van der Waals surface area contributed by atoms with E-state index in [1.807, 2.05) is 0 Å². The molecule has 0 saturated heterocycles. The minimum Gasteiger partial charge on any atom is -0.496 e. The van der Waals surface area contributed by atoms with E-state index in [1.54, 1.807) is 38.1 Å². The molecule has 9 nitrogen and oxygen atoms in total. The van der Waals surface area contributed by atoms with Gasteiger partial charge in [0.05, 0.1) is 30.0 Å². The second kappa shape index (κ2) is 9.12. The Morgan fingerprint density at radius 1 is 1.20 bits per heavy atom. The van der Waals surface area contributed by atoms with Gasteiger partial charge in [0, 0.05) is 17.7 Å². The van der Waals surface area contributed by atoms with E-state index >= 15 is 0 Å². The topological polar surface area (TPSA) is 119 Å². The molecule has 0 bridgehead atoms. The Labute approximate surface area is 175 Å². The van der Waals surface area contributed by atoms with Gasteiger partial charge in [-0.25, -0.2) is 8.42 Å². The van der Waals surface area contributed by atoms with E-state index in [4.69, 9.17) is 4.74 Å². The molecule has 162 valence electrons. The minimum atomic E-state index is -3.92. The molecule has 0 fully saturated rings. The number of carbonyl (C=O) groups excluding carboxylic acids is 1. The van der Waals surface area contributed by atoms with Gasteiger partial charge in [0.25, 0.3) is 5.69 Å². The summed E-state index contributed by atoms with van der Waals surface area (Å²) in [5, 5.41) is 13.9. The Hall–Kier alpha value is -3.14. The lowest BCUT2D eigenvalue weighted by Crippen LogP contribution is -2.48. The van der Waals surface area contributed by atoms with Crippen molar-refractivity contribution < 1.29 is 22.9 Å². The second-order valence-corrected chi connectivity index (χ2v) is 8.79. The third-order valence-corrected chi connectivity index (χ3v) is 5.92. The van der Waals surface area contributed by atoms with Crippen LogP contribution in [0.25, 0.3) is 0 Å². The third kappa shape index (κ3) is 5.07. The van der Waals surface area contributed by atoms with Gasteiger partial charge in [0.2, 0.25) is 15.9 Å². The number of nitrogens with one attached hydrogen (secondary N) is 1. The Morgan fingerprint density at radius 3 is 2.40 bits per heavy atom. The highest BCUT2D eigenvalue weighted by Gasteiger charge is 2.32. The molecule has 1 amide bonds. The van der Waals surface area contributed by atoms with Crippen molar-refractivity contribution in [2.75, 3.05) is 17.7 Å². The van der Waals surface area contributed by atoms with Gasteiger partial charge in [0.1, 0.15) is 11.8 Å². The van der Waals surface area contributed by atoms with Crippen molar-refractivity contribution in [3.05, 3.63) is 63.7 Å². The zero-order valence-corrected chi connectivity index (χ0v) is 18.3. The molecule has 0 aliphatic rings. The Bertz CT molecular complexity index is 1050. The molecule has 2 rings (SSSR count). The van der Waals surface area contributed by atoms with Crippen LogP contribution in [-0.2, 0) is 14.8 Å². The average molecular weight is 436 g/mol. The van der Waals surface area contributed by atoms with Crippen LogP contribution in [0.5, 0.6) is 5.75 Å². The molecule has 0 radical (unpaired) electrons. The lowest BCUT2D eigenvalue weighted by Gasteiger charge is -2.30. The molecule has 2 aromatic carbocycles. The van der Waals surface area contributed by atoms with Gasteiger partial charge in [-0.05, 0) is 32.4 Å². The van der Waals surface area contributed by atoms with Crippen LogP contribution in [0.2, 0.25) is 0 Å². The van der Waals surface area contributed by atoms with Gasteiger partial charge in [-0.2, -0.15) is 0 Å². The second-order valence-electron chi connectivity index (χ2n) is 6.93. The van der Waals surface area contributed by atoms with Gasteiger partial charge in [0.15, 0.2) is 0 Å². The summed E-state index contributed by atoms with van der Waals surface area (Å²) in [4.78, 5) is 23.5. The number of nitrogens with zero attached hydrogens (tertiary/aromatic N) is 2. The standard InChI is InChI=1S/C20H25N3O6S/c1-13-10-11-16(23(25)26)12-18(13)22(30(5,27)28)15(3)20(24)21-14(2)17-8-6-7-9-19(17)29-4/h6-12,14-15H,1-5H3,(H,21,24)/t14-,15-/m0/s1. The predicted octanol–water partition coefficient (Wildman–Crippen LogP) is 2.94. The monoisotopic (exact) mass is 435 g/mol. The molecule has 0 unspecified atom stereocenters. The average Bonchev–Trinajstić information content (AvgIpc) is 2.68. The van der Waals surface area contributed by atoms with E-state index in [0.29, 0.717) is 11.3 Å². The number of rotatable bonds is 8. The van der Waals surface area contributed by atoms with Gasteiger partial charge >= 0.3 is 0 Å². The smallest absolute Gasteiger partial charge is 0.271 e. The highest BCUT2D eigenvalue weighted by atomic mass is 32.2. The molecule has 1 N–H and O–H groups in total. The van der Waals surface area contributed by atoms with Crippen LogP contribution in [0, 0.1) is 17.0 Å². The van der Waals surface area contributed by atoms with E-state index in [0.717, 1.165) is 22.2 Å². The molecule has 0 aromatic heterocycles. The zero-order chi connectivity index (χ0) is 22.6. The first-order chi connectivity index (χ1) is 14.0. The maximum absolute atomic E-state index is 12.9. The SMILES string of the molecule is COc1ccccc1[C@H](C)NC(=O)[C@H](C)N(c1cc([N+](=O)[O-])ccc1C)S(C)(=O)=O. The molecule has 0 aliphatic carbocycles. The summed E-state index contributed by atoms with van der Waals surface area (Å²) < 4.78 is 31.3. The van der Waals surface area contributed by atoms with Crippen LogP contribution in [0.3, 0.4) is 0 Å². The van der Waals surface area contributed by atoms with Crippen molar-refractivity contribution in [1.29, 1.82) is 0 Å². The van der Waals surface area contributed by atoms with Crippen molar-refractivity contribution in [3.63, 3.8) is 0 Å². The molecule has 0 heterocycles. The molecule has 0 spiro atoms. The maximum atomic E-state index is 12.9. The number of para-hydroxylation sites is 1. The number of hydrogen-bond acceptors (Lipinski definition) is 6. The summed E-state index contributed by atoms with van der Waals surface area (Å²) in [6.07, 6.45) is 0.957. The fourth-order valence-electron chi connectivity index (χ4n) is 3.17. The number of hydrogen-bond donors (Lipinski definition) is 1. The molecular formula is C20H25N3O6S. The number of non-ortho nitro benzene ring substituents is 1. The zero-order valence-electron chi connectivity index (χ0n) is 17.4. The molecule has 0 saturated carbocycles. The fraction of sp³-hybridized carbons (Fsp3) is 0.350. The Balaban J connectivity index is 2.39. The van der Waals surface area contributed by atoms with Crippen molar-refractivity contribution in [3.8, 4) is 5.75 Å². The number of nitro groups is 1. The van der Waals surface area contributed by atoms with E-state index < -0.39 is 32.9 Å². The van der Waals surface area contributed by atoms with Crippen molar-refractivity contribution >= 4 is 27.3 Å². The molecule has 0 aliphatic heterocycles. The summed E-state index contributed by atoms with van der Waals surface area (Å²) in [5.74, 6) is 0.0391. The number of methoxy groups -OCH3 is 1. The molecular weight excluding hydrogens is 410 g/mol. The quantitative estimate of drug-likeness (QED) is 0.503. The van der Waals surface area contributed by atoms with E-state index in [1.165, 1.54) is 26.2 Å². The summed E-state index contributed by atoms with van der Waals surface area (Å²) in [7, 11) is -2.39. The van der Waals surface area contributed by atoms with Gasteiger partial charge in [-0.15, -0.1) is 0 Å². The van der Waals surface area contributed by atoms with E-state index in [9.17, 15) is 23.3 Å². The van der Waals surface area contributed by atoms with Crippen molar-refractivity contribution in [1.82, 2.24) is 5.32 Å². The minimum absolute atomic E-state index is 0.0827. The number of anilines is 1. The number of amides is 1. The highest BCUT2D eigenvalue weighted by Crippen LogP contribution is 2.30. The van der Waals surface area contributed by atoms with Crippen molar-refractivity contribution in [2.24, 2.45) is 0 Å². The summed E-state index contributed by atoms with van der Waals surface area (Å²) in [5.41, 5.74) is 1.04. The number of carbonyl (C=O) groups is 1. The lowest BCUT2D eigenvalue weighted by molar-refractivity contribution is -0.384. The van der Waals surface area contributed by atoms with Crippen LogP contribution in [-0.4, -0.2) is 38.7 Å². The Morgan fingerprint density at radius 2 is 1.83 bits per heavy atom.